The molecule has 0 bridgehead atoms. The zero-order valence-electron chi connectivity index (χ0n) is 11.4. The lowest BCUT2D eigenvalue weighted by atomic mass is 10.3. The van der Waals surface area contributed by atoms with Crippen molar-refractivity contribution in [3.63, 3.8) is 0 Å². The van der Waals surface area contributed by atoms with Gasteiger partial charge in [-0.1, -0.05) is 6.92 Å². The van der Waals surface area contributed by atoms with Crippen LogP contribution in [0.5, 0.6) is 0 Å². The number of carbonyl (C=O) groups excluding carboxylic acids is 2. The van der Waals surface area contributed by atoms with Gasteiger partial charge in [0.15, 0.2) is 6.17 Å². The van der Waals surface area contributed by atoms with Gasteiger partial charge in [-0.3, -0.25) is 10.1 Å². The lowest BCUT2D eigenvalue weighted by Gasteiger charge is -2.31. The number of likely N-dealkylation sites (N-methyl/N-ethyl adjacent to an activating group) is 3. The molecule has 1 atom stereocenters. The maximum atomic E-state index is 12.2. The first-order valence-electron chi connectivity index (χ1n) is 6.00. The summed E-state index contributed by atoms with van der Waals surface area (Å²) in [5.74, 6) is -0.0806. The van der Waals surface area contributed by atoms with Gasteiger partial charge in [-0.2, -0.15) is 0 Å². The Morgan fingerprint density at radius 1 is 1.18 bits per heavy atom. The molecule has 6 nitrogen and oxygen atoms in total. The second kappa shape index (κ2) is 7.89. The molecule has 0 saturated carbocycles. The van der Waals surface area contributed by atoms with Gasteiger partial charge >= 0.3 is 6.03 Å². The fraction of sp³-hybridized carbons (Fsp3) is 0.818. The van der Waals surface area contributed by atoms with Crippen LogP contribution in [0, 0.1) is 0 Å². The highest BCUT2D eigenvalue weighted by Gasteiger charge is 2.28. The highest BCUT2D eigenvalue weighted by molar-refractivity contribution is 5.86. The second-order valence-electron chi connectivity index (χ2n) is 3.64. The number of urea groups is 1. The fourth-order valence-corrected chi connectivity index (χ4v) is 1.59. The van der Waals surface area contributed by atoms with E-state index in [0.717, 1.165) is 0 Å². The minimum Gasteiger partial charge on any atom is -0.341 e. The zero-order chi connectivity index (χ0) is 13.4. The predicted octanol–water partition coefficient (Wildman–Crippen LogP) is 0.0616. The first-order valence-corrected chi connectivity index (χ1v) is 6.00. The summed E-state index contributed by atoms with van der Waals surface area (Å²) >= 11 is 0. The monoisotopic (exact) mass is 244 g/mol. The topological polar surface area (TPSA) is 64.7 Å². The standard InChI is InChI=1S/C11H24N4O2/c1-6-13-9(14(5)11(17)12-4)10(16)15(7-2)8-3/h9,13H,6-8H2,1-5H3,(H,12,17). The molecule has 0 aliphatic heterocycles. The molecule has 0 aromatic heterocycles. The van der Waals surface area contributed by atoms with E-state index in [2.05, 4.69) is 10.6 Å². The van der Waals surface area contributed by atoms with E-state index < -0.39 is 6.17 Å². The minimum absolute atomic E-state index is 0.0806. The Labute approximate surface area is 103 Å². The largest absolute Gasteiger partial charge is 0.341 e. The smallest absolute Gasteiger partial charge is 0.318 e. The summed E-state index contributed by atoms with van der Waals surface area (Å²) in [6.45, 7) is 7.64. The number of nitrogens with one attached hydrogen (secondary N) is 2. The van der Waals surface area contributed by atoms with Gasteiger partial charge in [0.1, 0.15) is 0 Å². The van der Waals surface area contributed by atoms with Crippen LogP contribution in [0.25, 0.3) is 0 Å². The molecule has 6 heteroatoms. The summed E-state index contributed by atoms with van der Waals surface area (Å²) in [5, 5.41) is 5.53. The Bertz CT molecular complexity index is 254. The number of amides is 3. The van der Waals surface area contributed by atoms with Crippen LogP contribution in [0.1, 0.15) is 20.8 Å². The molecule has 0 aromatic carbocycles. The average Bonchev–Trinajstić information content (AvgIpc) is 2.35. The van der Waals surface area contributed by atoms with Crippen molar-refractivity contribution in [2.45, 2.75) is 26.9 Å². The van der Waals surface area contributed by atoms with E-state index in [1.807, 2.05) is 20.8 Å². The van der Waals surface area contributed by atoms with Crippen molar-refractivity contribution in [1.82, 2.24) is 20.4 Å². The SMILES string of the molecule is CCNC(C(=O)N(CC)CC)N(C)C(=O)NC. The minimum atomic E-state index is -0.611. The molecule has 0 aliphatic carbocycles. The van der Waals surface area contributed by atoms with E-state index in [4.69, 9.17) is 0 Å². The second-order valence-corrected chi connectivity index (χ2v) is 3.64. The number of hydrogen-bond donors (Lipinski definition) is 2. The van der Waals surface area contributed by atoms with Gasteiger partial charge in [-0.25, -0.2) is 4.79 Å². The third-order valence-electron chi connectivity index (χ3n) is 2.63. The number of hydrogen-bond acceptors (Lipinski definition) is 3. The van der Waals surface area contributed by atoms with E-state index in [9.17, 15) is 9.59 Å². The van der Waals surface area contributed by atoms with Crippen molar-refractivity contribution in [2.75, 3.05) is 33.7 Å². The van der Waals surface area contributed by atoms with E-state index in [0.29, 0.717) is 19.6 Å². The molecule has 1 unspecified atom stereocenters. The van der Waals surface area contributed by atoms with Crippen molar-refractivity contribution in [2.24, 2.45) is 0 Å². The van der Waals surface area contributed by atoms with Crippen LogP contribution in [-0.4, -0.2) is 61.6 Å². The number of rotatable bonds is 6. The Balaban J connectivity index is 4.82. The summed E-state index contributed by atoms with van der Waals surface area (Å²) in [6, 6.07) is -0.281. The number of nitrogens with zero attached hydrogens (tertiary/aromatic N) is 2. The lowest BCUT2D eigenvalue weighted by Crippen LogP contribution is -2.58. The summed E-state index contributed by atoms with van der Waals surface area (Å²) in [6.07, 6.45) is -0.611. The molecule has 0 radical (unpaired) electrons. The summed E-state index contributed by atoms with van der Waals surface area (Å²) < 4.78 is 0. The Morgan fingerprint density at radius 3 is 2.06 bits per heavy atom. The van der Waals surface area contributed by atoms with Crippen LogP contribution in [0.4, 0.5) is 4.79 Å². The van der Waals surface area contributed by atoms with Gasteiger partial charge in [0.25, 0.3) is 5.91 Å². The van der Waals surface area contributed by atoms with Gasteiger partial charge in [-0.15, -0.1) is 0 Å². The zero-order valence-corrected chi connectivity index (χ0v) is 11.4. The molecule has 0 aromatic rings. The van der Waals surface area contributed by atoms with Crippen LogP contribution in [0.3, 0.4) is 0 Å². The van der Waals surface area contributed by atoms with Crippen LogP contribution in [-0.2, 0) is 4.79 Å². The first-order chi connectivity index (χ1) is 8.03. The Kier molecular flexibility index (Phi) is 7.29. The van der Waals surface area contributed by atoms with E-state index >= 15 is 0 Å². The molecule has 0 saturated heterocycles. The molecule has 17 heavy (non-hydrogen) atoms. The van der Waals surface area contributed by atoms with Gasteiger partial charge in [-0.05, 0) is 20.4 Å². The molecule has 0 aliphatic rings. The normalized spacial score (nSPS) is 11.8. The molecule has 0 fully saturated rings. The number of carbonyl (C=O) groups is 2. The van der Waals surface area contributed by atoms with Crippen molar-refractivity contribution < 1.29 is 9.59 Å². The maximum Gasteiger partial charge on any atom is 0.318 e. The third-order valence-corrected chi connectivity index (χ3v) is 2.63. The first kappa shape index (κ1) is 15.7. The molecular weight excluding hydrogens is 220 g/mol. The Hall–Kier alpha value is -1.30. The van der Waals surface area contributed by atoms with Gasteiger partial charge < -0.3 is 15.1 Å². The van der Waals surface area contributed by atoms with Crippen molar-refractivity contribution in [3.8, 4) is 0 Å². The molecule has 0 spiro atoms. The maximum absolute atomic E-state index is 12.2. The molecule has 3 amide bonds. The van der Waals surface area contributed by atoms with Gasteiger partial charge in [0.2, 0.25) is 0 Å². The highest BCUT2D eigenvalue weighted by atomic mass is 16.2. The quantitative estimate of drug-likeness (QED) is 0.649. The van der Waals surface area contributed by atoms with Crippen LogP contribution in [0.2, 0.25) is 0 Å². The van der Waals surface area contributed by atoms with Crippen LogP contribution in [0.15, 0.2) is 0 Å². The molecular formula is C11H24N4O2. The molecule has 0 heterocycles. The van der Waals surface area contributed by atoms with Crippen molar-refractivity contribution in [1.29, 1.82) is 0 Å². The summed E-state index contributed by atoms with van der Waals surface area (Å²) in [5.41, 5.74) is 0. The van der Waals surface area contributed by atoms with Crippen molar-refractivity contribution in [3.05, 3.63) is 0 Å². The van der Waals surface area contributed by atoms with Gasteiger partial charge in [0.05, 0.1) is 0 Å². The molecule has 2 N–H and O–H groups in total. The Morgan fingerprint density at radius 2 is 1.71 bits per heavy atom. The predicted molar refractivity (Wildman–Crippen MR) is 67.6 cm³/mol. The van der Waals surface area contributed by atoms with E-state index in [1.165, 1.54) is 4.90 Å². The molecule has 100 valence electrons. The highest BCUT2D eigenvalue weighted by Crippen LogP contribution is 2.00. The average molecular weight is 244 g/mol. The summed E-state index contributed by atoms with van der Waals surface area (Å²) in [4.78, 5) is 26.8. The van der Waals surface area contributed by atoms with E-state index in [-0.39, 0.29) is 11.9 Å². The fourth-order valence-electron chi connectivity index (χ4n) is 1.59. The summed E-state index contributed by atoms with van der Waals surface area (Å²) in [7, 11) is 3.15. The van der Waals surface area contributed by atoms with Gasteiger partial charge in [0, 0.05) is 27.2 Å². The lowest BCUT2D eigenvalue weighted by molar-refractivity contribution is -0.136. The van der Waals surface area contributed by atoms with Crippen LogP contribution < -0.4 is 10.6 Å². The van der Waals surface area contributed by atoms with E-state index in [1.54, 1.807) is 19.0 Å². The van der Waals surface area contributed by atoms with Crippen molar-refractivity contribution >= 4 is 11.9 Å². The molecule has 0 rings (SSSR count). The van der Waals surface area contributed by atoms with Crippen LogP contribution >= 0.6 is 0 Å². The third kappa shape index (κ3) is 4.22.